The summed E-state index contributed by atoms with van der Waals surface area (Å²) in [5.41, 5.74) is -3.37. The average Bonchev–Trinajstić information content (AvgIpc) is 3.34. The number of ether oxygens (including phenoxy) is 1. The van der Waals surface area contributed by atoms with Crippen LogP contribution in [0.15, 0.2) is 29.9 Å². The van der Waals surface area contributed by atoms with E-state index in [1.54, 1.807) is 0 Å². The molecule has 7 nitrogen and oxygen atoms in total. The second kappa shape index (κ2) is 8.82. The lowest BCUT2D eigenvalue weighted by Crippen LogP contribution is -2.49. The minimum absolute atomic E-state index is 0.133. The van der Waals surface area contributed by atoms with Gasteiger partial charge in [0.2, 0.25) is 11.5 Å². The van der Waals surface area contributed by atoms with Crippen molar-refractivity contribution in [2.24, 2.45) is 7.05 Å². The van der Waals surface area contributed by atoms with Gasteiger partial charge in [0.25, 0.3) is 0 Å². The lowest BCUT2D eigenvalue weighted by molar-refractivity contribution is -0.271. The maximum atomic E-state index is 13.6. The number of imidazole rings is 1. The van der Waals surface area contributed by atoms with E-state index in [0.717, 1.165) is 15.6 Å². The number of hydrogen-bond acceptors (Lipinski definition) is 6. The first-order chi connectivity index (χ1) is 13.7. The summed E-state index contributed by atoms with van der Waals surface area (Å²) >= 11 is 1.52. The van der Waals surface area contributed by atoms with Crippen LogP contribution < -0.4 is 5.32 Å². The zero-order chi connectivity index (χ0) is 21.1. The molecule has 3 heterocycles. The molecule has 29 heavy (non-hydrogen) atoms. The van der Waals surface area contributed by atoms with Crippen molar-refractivity contribution in [1.29, 1.82) is 0 Å². The van der Waals surface area contributed by atoms with E-state index in [-0.39, 0.29) is 12.6 Å². The Kier molecular flexibility index (Phi) is 6.62. The summed E-state index contributed by atoms with van der Waals surface area (Å²) in [5, 5.41) is 14.8. The predicted molar refractivity (Wildman–Crippen MR) is 100 cm³/mol. The quantitative estimate of drug-likeness (QED) is 0.698. The monoisotopic (exact) mass is 432 g/mol. The Balaban J connectivity index is 1.71. The number of aryl methyl sites for hydroxylation is 1. The molecule has 1 aliphatic heterocycles. The van der Waals surface area contributed by atoms with Crippen molar-refractivity contribution in [2.45, 2.75) is 24.2 Å². The van der Waals surface area contributed by atoms with E-state index in [9.17, 15) is 23.1 Å². The Hall–Kier alpha value is -1.95. The van der Waals surface area contributed by atoms with E-state index in [0.29, 0.717) is 26.3 Å². The summed E-state index contributed by atoms with van der Waals surface area (Å²) < 4.78 is 47.3. The van der Waals surface area contributed by atoms with Gasteiger partial charge in [-0.15, -0.1) is 11.3 Å². The number of thiophene rings is 1. The maximum Gasteiger partial charge on any atom is 0.425 e. The van der Waals surface area contributed by atoms with Crippen molar-refractivity contribution in [2.75, 3.05) is 32.8 Å². The van der Waals surface area contributed by atoms with E-state index in [2.05, 4.69) is 15.2 Å². The van der Waals surface area contributed by atoms with Crippen LogP contribution in [0.25, 0.3) is 0 Å². The van der Waals surface area contributed by atoms with Crippen LogP contribution in [-0.4, -0.2) is 64.5 Å². The number of carbonyl (C=O) groups excluding carboxylic acids is 1. The number of alkyl halides is 3. The summed E-state index contributed by atoms with van der Waals surface area (Å²) in [6, 6.07) is 3.64. The summed E-state index contributed by atoms with van der Waals surface area (Å²) in [6.07, 6.45) is -3.78. The van der Waals surface area contributed by atoms with Crippen LogP contribution in [0.5, 0.6) is 0 Å². The van der Waals surface area contributed by atoms with Crippen molar-refractivity contribution in [3.8, 4) is 0 Å². The van der Waals surface area contributed by atoms with E-state index in [1.807, 2.05) is 17.5 Å². The molecule has 11 heteroatoms. The molecule has 2 aromatic heterocycles. The fraction of sp³-hybridized carbons (Fsp3) is 0.556. The van der Waals surface area contributed by atoms with Gasteiger partial charge in [0.15, 0.2) is 5.82 Å². The number of halogens is 3. The fourth-order valence-electron chi connectivity index (χ4n) is 3.36. The standard InChI is InChI=1S/C18H23F3N4O3S/c1-24-5-4-22-16(24)17(27,18(19,20)21)11-15(26)23-12-13(14-3-2-10-29-14)25-6-8-28-9-7-25/h2-5,10,13,27H,6-9,11-12H2,1H3,(H,23,26). The fourth-order valence-corrected chi connectivity index (χ4v) is 4.22. The molecule has 1 fully saturated rings. The van der Waals surface area contributed by atoms with Gasteiger partial charge in [-0.05, 0) is 11.4 Å². The van der Waals surface area contributed by atoms with Crippen molar-refractivity contribution in [3.05, 3.63) is 40.6 Å². The van der Waals surface area contributed by atoms with E-state index in [1.165, 1.54) is 24.6 Å². The zero-order valence-electron chi connectivity index (χ0n) is 15.9. The highest BCUT2D eigenvalue weighted by molar-refractivity contribution is 7.10. The van der Waals surface area contributed by atoms with Gasteiger partial charge < -0.3 is 19.7 Å². The molecular formula is C18H23F3N4O3S. The molecule has 0 saturated carbocycles. The molecule has 0 aromatic carbocycles. The lowest BCUT2D eigenvalue weighted by atomic mass is 9.97. The highest BCUT2D eigenvalue weighted by Gasteiger charge is 2.58. The number of aromatic nitrogens is 2. The van der Waals surface area contributed by atoms with E-state index < -0.39 is 29.9 Å². The highest BCUT2D eigenvalue weighted by atomic mass is 32.1. The largest absolute Gasteiger partial charge is 0.425 e. The minimum atomic E-state index is -5.05. The molecule has 3 rings (SSSR count). The molecule has 0 bridgehead atoms. The molecule has 0 radical (unpaired) electrons. The highest BCUT2D eigenvalue weighted by Crippen LogP contribution is 2.40. The topological polar surface area (TPSA) is 79.6 Å². The first kappa shape index (κ1) is 21.8. The molecule has 2 atom stereocenters. The second-order valence-corrected chi connectivity index (χ2v) is 7.86. The van der Waals surface area contributed by atoms with Crippen LogP contribution in [0.1, 0.15) is 23.2 Å². The summed E-state index contributed by atoms with van der Waals surface area (Å²) in [7, 11) is 1.34. The second-order valence-electron chi connectivity index (χ2n) is 6.88. The minimum Gasteiger partial charge on any atom is -0.379 e. The first-order valence-electron chi connectivity index (χ1n) is 9.11. The maximum absolute atomic E-state index is 13.6. The molecular weight excluding hydrogens is 409 g/mol. The molecule has 1 saturated heterocycles. The Bertz CT molecular complexity index is 806. The van der Waals surface area contributed by atoms with Gasteiger partial charge in [0.1, 0.15) is 0 Å². The number of hydrogen-bond donors (Lipinski definition) is 2. The smallest absolute Gasteiger partial charge is 0.379 e. The summed E-state index contributed by atoms with van der Waals surface area (Å²) in [4.78, 5) is 19.2. The summed E-state index contributed by atoms with van der Waals surface area (Å²) in [6.45, 7) is 2.58. The van der Waals surface area contributed by atoms with Crippen molar-refractivity contribution >= 4 is 17.2 Å². The number of aliphatic hydroxyl groups is 1. The SMILES string of the molecule is Cn1ccnc1C(O)(CC(=O)NCC(c1cccs1)N1CCOCC1)C(F)(F)F. The third-order valence-electron chi connectivity index (χ3n) is 4.93. The number of carbonyl (C=O) groups is 1. The summed E-state index contributed by atoms with van der Waals surface area (Å²) in [5.74, 6) is -1.52. The number of nitrogens with zero attached hydrogens (tertiary/aromatic N) is 3. The van der Waals surface area contributed by atoms with Gasteiger partial charge in [0, 0.05) is 44.0 Å². The third kappa shape index (κ3) is 4.80. The van der Waals surface area contributed by atoms with Crippen LogP contribution in [0, 0.1) is 0 Å². The number of rotatable bonds is 7. The van der Waals surface area contributed by atoms with Gasteiger partial charge in [-0.3, -0.25) is 9.69 Å². The van der Waals surface area contributed by atoms with Gasteiger partial charge in [0.05, 0.1) is 25.7 Å². The Morgan fingerprint density at radius 2 is 2.14 bits per heavy atom. The van der Waals surface area contributed by atoms with Gasteiger partial charge in [-0.2, -0.15) is 13.2 Å². The lowest BCUT2D eigenvalue weighted by Gasteiger charge is -2.34. The molecule has 1 aliphatic rings. The molecule has 2 N–H and O–H groups in total. The van der Waals surface area contributed by atoms with Crippen LogP contribution in [0.4, 0.5) is 13.2 Å². The van der Waals surface area contributed by atoms with Crippen molar-refractivity contribution in [1.82, 2.24) is 19.8 Å². The van der Waals surface area contributed by atoms with Crippen molar-refractivity contribution in [3.63, 3.8) is 0 Å². The van der Waals surface area contributed by atoms with Gasteiger partial charge in [-0.25, -0.2) is 4.98 Å². The number of morpholine rings is 1. The van der Waals surface area contributed by atoms with E-state index in [4.69, 9.17) is 4.74 Å². The van der Waals surface area contributed by atoms with Gasteiger partial charge >= 0.3 is 6.18 Å². The predicted octanol–water partition coefficient (Wildman–Crippen LogP) is 1.81. The molecule has 2 unspecified atom stereocenters. The molecule has 0 spiro atoms. The van der Waals surface area contributed by atoms with Crippen molar-refractivity contribution < 1.29 is 27.8 Å². The normalized spacial score (nSPS) is 18.9. The third-order valence-corrected chi connectivity index (χ3v) is 5.90. The average molecular weight is 432 g/mol. The van der Waals surface area contributed by atoms with Crippen LogP contribution in [-0.2, 0) is 22.2 Å². The zero-order valence-corrected chi connectivity index (χ0v) is 16.7. The van der Waals surface area contributed by atoms with Crippen LogP contribution >= 0.6 is 11.3 Å². The number of amides is 1. The van der Waals surface area contributed by atoms with Crippen LogP contribution in [0.3, 0.4) is 0 Å². The van der Waals surface area contributed by atoms with Crippen LogP contribution in [0.2, 0.25) is 0 Å². The number of nitrogens with one attached hydrogen (secondary N) is 1. The molecule has 0 aliphatic carbocycles. The molecule has 160 valence electrons. The molecule has 1 amide bonds. The Morgan fingerprint density at radius 3 is 2.69 bits per heavy atom. The Morgan fingerprint density at radius 1 is 1.41 bits per heavy atom. The van der Waals surface area contributed by atoms with E-state index >= 15 is 0 Å². The first-order valence-corrected chi connectivity index (χ1v) is 9.99. The van der Waals surface area contributed by atoms with Gasteiger partial charge in [-0.1, -0.05) is 6.07 Å². The molecule has 2 aromatic rings. The Labute approximate surface area is 170 Å².